The fraction of sp³-hybridized carbons (Fsp3) is 0.909. The molecule has 1 N–H and O–H groups in total. The van der Waals surface area contributed by atoms with Crippen molar-refractivity contribution in [2.24, 2.45) is 5.92 Å². The molecule has 0 bridgehead atoms. The zero-order valence-electron chi connectivity index (χ0n) is 9.20. The molecule has 1 unspecified atom stereocenters. The van der Waals surface area contributed by atoms with Gasteiger partial charge in [-0.2, -0.15) is 0 Å². The molecule has 0 aliphatic heterocycles. The molecule has 1 aliphatic rings. The molecule has 0 aromatic rings. The van der Waals surface area contributed by atoms with Gasteiger partial charge in [-0.3, -0.25) is 9.69 Å². The molecule has 14 heavy (non-hydrogen) atoms. The van der Waals surface area contributed by atoms with Crippen molar-refractivity contribution in [3.05, 3.63) is 0 Å². The van der Waals surface area contributed by atoms with Gasteiger partial charge >= 0.3 is 5.97 Å². The van der Waals surface area contributed by atoms with E-state index in [1.807, 2.05) is 0 Å². The standard InChI is InChI=1S/C11H21NO2/c1-3-4-9(2)12(8-11(13)14)7-10-5-6-10/h9-10H,3-8H2,1-2H3,(H,13,14). The first-order chi connectivity index (χ1) is 6.63. The molecule has 1 rings (SSSR count). The SMILES string of the molecule is CCCC(C)N(CC(=O)O)CC1CC1. The fourth-order valence-corrected chi connectivity index (χ4v) is 1.81. The summed E-state index contributed by atoms with van der Waals surface area (Å²) in [6.07, 6.45) is 4.80. The van der Waals surface area contributed by atoms with Gasteiger partial charge in [0.1, 0.15) is 0 Å². The summed E-state index contributed by atoms with van der Waals surface area (Å²) in [4.78, 5) is 12.8. The summed E-state index contributed by atoms with van der Waals surface area (Å²) >= 11 is 0. The Balaban J connectivity index is 2.36. The van der Waals surface area contributed by atoms with E-state index in [2.05, 4.69) is 18.7 Å². The van der Waals surface area contributed by atoms with Crippen molar-refractivity contribution in [2.75, 3.05) is 13.1 Å². The average molecular weight is 199 g/mol. The van der Waals surface area contributed by atoms with E-state index in [-0.39, 0.29) is 6.54 Å². The molecule has 1 aliphatic carbocycles. The van der Waals surface area contributed by atoms with E-state index in [1.54, 1.807) is 0 Å². The molecule has 0 aromatic carbocycles. The van der Waals surface area contributed by atoms with Crippen LogP contribution < -0.4 is 0 Å². The molecule has 0 aromatic heterocycles. The summed E-state index contributed by atoms with van der Waals surface area (Å²) in [5.41, 5.74) is 0. The van der Waals surface area contributed by atoms with Crippen LogP contribution in [0.4, 0.5) is 0 Å². The number of nitrogens with zero attached hydrogens (tertiary/aromatic N) is 1. The van der Waals surface area contributed by atoms with Gasteiger partial charge in [0.05, 0.1) is 6.54 Å². The largest absolute Gasteiger partial charge is 0.480 e. The lowest BCUT2D eigenvalue weighted by Crippen LogP contribution is -2.38. The molecular formula is C11H21NO2. The van der Waals surface area contributed by atoms with E-state index in [1.165, 1.54) is 12.8 Å². The van der Waals surface area contributed by atoms with Crippen molar-refractivity contribution in [1.82, 2.24) is 4.90 Å². The molecule has 0 radical (unpaired) electrons. The minimum absolute atomic E-state index is 0.206. The maximum Gasteiger partial charge on any atom is 0.317 e. The summed E-state index contributed by atoms with van der Waals surface area (Å²) in [6.45, 7) is 5.46. The summed E-state index contributed by atoms with van der Waals surface area (Å²) in [7, 11) is 0. The lowest BCUT2D eigenvalue weighted by molar-refractivity contribution is -0.139. The van der Waals surface area contributed by atoms with Gasteiger partial charge in [0.2, 0.25) is 0 Å². The van der Waals surface area contributed by atoms with Gasteiger partial charge in [0.25, 0.3) is 0 Å². The van der Waals surface area contributed by atoms with Crippen LogP contribution in [-0.2, 0) is 4.79 Å². The van der Waals surface area contributed by atoms with E-state index in [0.29, 0.717) is 6.04 Å². The van der Waals surface area contributed by atoms with Crippen LogP contribution in [0, 0.1) is 5.92 Å². The molecule has 82 valence electrons. The molecule has 1 saturated carbocycles. The van der Waals surface area contributed by atoms with Crippen LogP contribution in [0.5, 0.6) is 0 Å². The highest BCUT2D eigenvalue weighted by atomic mass is 16.4. The third-order valence-electron chi connectivity index (χ3n) is 2.86. The van der Waals surface area contributed by atoms with E-state index < -0.39 is 5.97 Å². The lowest BCUT2D eigenvalue weighted by atomic mass is 10.1. The highest BCUT2D eigenvalue weighted by molar-refractivity contribution is 5.69. The number of hydrogen-bond acceptors (Lipinski definition) is 2. The van der Waals surface area contributed by atoms with Crippen molar-refractivity contribution in [1.29, 1.82) is 0 Å². The van der Waals surface area contributed by atoms with Gasteiger partial charge < -0.3 is 5.11 Å². The fourth-order valence-electron chi connectivity index (χ4n) is 1.81. The molecule has 1 fully saturated rings. The molecule has 0 spiro atoms. The van der Waals surface area contributed by atoms with Gasteiger partial charge in [-0.1, -0.05) is 13.3 Å². The average Bonchev–Trinajstić information content (AvgIpc) is 2.86. The molecule has 0 heterocycles. The van der Waals surface area contributed by atoms with Gasteiger partial charge in [0, 0.05) is 12.6 Å². The van der Waals surface area contributed by atoms with Crippen molar-refractivity contribution in [3.8, 4) is 0 Å². The topological polar surface area (TPSA) is 40.5 Å². The number of hydrogen-bond donors (Lipinski definition) is 1. The van der Waals surface area contributed by atoms with Crippen LogP contribution in [0.1, 0.15) is 39.5 Å². The third-order valence-corrected chi connectivity index (χ3v) is 2.86. The van der Waals surface area contributed by atoms with E-state index in [4.69, 9.17) is 5.11 Å². The normalized spacial score (nSPS) is 18.5. The molecule has 1 atom stereocenters. The van der Waals surface area contributed by atoms with E-state index >= 15 is 0 Å². The Hall–Kier alpha value is -0.570. The highest BCUT2D eigenvalue weighted by Gasteiger charge is 2.27. The number of aliphatic carboxylic acids is 1. The van der Waals surface area contributed by atoms with Crippen LogP contribution in [0.3, 0.4) is 0 Å². The summed E-state index contributed by atoms with van der Waals surface area (Å²) in [5, 5.41) is 8.79. The van der Waals surface area contributed by atoms with Crippen molar-refractivity contribution >= 4 is 5.97 Å². The van der Waals surface area contributed by atoms with Crippen LogP contribution in [0.25, 0.3) is 0 Å². The second kappa shape index (κ2) is 5.35. The maximum atomic E-state index is 10.7. The van der Waals surface area contributed by atoms with Gasteiger partial charge in [-0.25, -0.2) is 0 Å². The first-order valence-electron chi connectivity index (χ1n) is 5.59. The Bertz CT molecular complexity index is 190. The number of carbonyl (C=O) groups is 1. The molecule has 0 saturated heterocycles. The van der Waals surface area contributed by atoms with Crippen LogP contribution >= 0.6 is 0 Å². The van der Waals surface area contributed by atoms with Crippen molar-refractivity contribution in [2.45, 2.75) is 45.6 Å². The molecular weight excluding hydrogens is 178 g/mol. The monoisotopic (exact) mass is 199 g/mol. The zero-order chi connectivity index (χ0) is 10.6. The zero-order valence-corrected chi connectivity index (χ0v) is 9.20. The Labute approximate surface area is 86.1 Å². The second-order valence-electron chi connectivity index (χ2n) is 4.40. The first-order valence-corrected chi connectivity index (χ1v) is 5.59. The summed E-state index contributed by atoms with van der Waals surface area (Å²) in [6, 6.07) is 0.414. The van der Waals surface area contributed by atoms with Crippen LogP contribution in [0.15, 0.2) is 0 Å². The minimum Gasteiger partial charge on any atom is -0.480 e. The van der Waals surface area contributed by atoms with Gasteiger partial charge in [-0.15, -0.1) is 0 Å². The molecule has 0 amide bonds. The Morgan fingerprint density at radius 3 is 2.64 bits per heavy atom. The van der Waals surface area contributed by atoms with E-state index in [0.717, 1.165) is 25.3 Å². The summed E-state index contributed by atoms with van der Waals surface area (Å²) in [5.74, 6) is 0.0715. The van der Waals surface area contributed by atoms with E-state index in [9.17, 15) is 4.79 Å². The predicted molar refractivity (Wildman–Crippen MR) is 56.3 cm³/mol. The Kier molecular flexibility index (Phi) is 4.39. The Morgan fingerprint density at radius 2 is 2.21 bits per heavy atom. The molecule has 3 nitrogen and oxygen atoms in total. The number of rotatable bonds is 7. The molecule has 3 heteroatoms. The summed E-state index contributed by atoms with van der Waals surface area (Å²) < 4.78 is 0. The van der Waals surface area contributed by atoms with Crippen LogP contribution in [0.2, 0.25) is 0 Å². The third kappa shape index (κ3) is 4.09. The lowest BCUT2D eigenvalue weighted by Gasteiger charge is -2.27. The minimum atomic E-state index is -0.700. The first kappa shape index (κ1) is 11.5. The van der Waals surface area contributed by atoms with Crippen molar-refractivity contribution < 1.29 is 9.90 Å². The smallest absolute Gasteiger partial charge is 0.317 e. The van der Waals surface area contributed by atoms with Crippen LogP contribution in [-0.4, -0.2) is 35.1 Å². The number of carboxylic acids is 1. The highest BCUT2D eigenvalue weighted by Crippen LogP contribution is 2.30. The predicted octanol–water partition coefficient (Wildman–Crippen LogP) is 1.97. The van der Waals surface area contributed by atoms with Crippen molar-refractivity contribution in [3.63, 3.8) is 0 Å². The van der Waals surface area contributed by atoms with Gasteiger partial charge in [-0.05, 0) is 32.1 Å². The number of carboxylic acid groups (broad SMARTS) is 1. The quantitative estimate of drug-likeness (QED) is 0.681. The Morgan fingerprint density at radius 1 is 1.57 bits per heavy atom. The van der Waals surface area contributed by atoms with Gasteiger partial charge in [0.15, 0.2) is 0 Å². The second-order valence-corrected chi connectivity index (χ2v) is 4.40. The maximum absolute atomic E-state index is 10.7.